The Balaban J connectivity index is 2.93. The van der Waals surface area contributed by atoms with Gasteiger partial charge in [0.1, 0.15) is 5.82 Å². The summed E-state index contributed by atoms with van der Waals surface area (Å²) in [6, 6.07) is 4.26. The second-order valence-corrected chi connectivity index (χ2v) is 5.79. The molecule has 1 rings (SSSR count). The number of hydrogen-bond acceptors (Lipinski definition) is 3. The lowest BCUT2D eigenvalue weighted by molar-refractivity contribution is 0.580. The Morgan fingerprint density at radius 3 is 2.53 bits per heavy atom. The number of hydrogen-bond donors (Lipinski definition) is 2. The standard InChI is InChI=1S/C14H19ClFN3/c1-14(2,3)13(18)7-10(8-17)19-9-4-5-12(16)11(15)6-9/h4-6,18H,7-8,17H2,1-3H3. The third kappa shape index (κ3) is 4.73. The van der Waals surface area contributed by atoms with Gasteiger partial charge in [-0.3, -0.25) is 4.99 Å². The zero-order valence-corrected chi connectivity index (χ0v) is 12.2. The van der Waals surface area contributed by atoms with Crippen LogP contribution in [-0.2, 0) is 0 Å². The highest BCUT2D eigenvalue weighted by atomic mass is 35.5. The van der Waals surface area contributed by atoms with E-state index in [0.717, 1.165) is 0 Å². The highest BCUT2D eigenvalue weighted by Gasteiger charge is 2.18. The van der Waals surface area contributed by atoms with Gasteiger partial charge in [0, 0.05) is 24.4 Å². The summed E-state index contributed by atoms with van der Waals surface area (Å²) >= 11 is 5.70. The maximum Gasteiger partial charge on any atom is 0.141 e. The summed E-state index contributed by atoms with van der Waals surface area (Å²) in [7, 11) is 0. The van der Waals surface area contributed by atoms with Gasteiger partial charge in [-0.25, -0.2) is 4.39 Å². The first-order valence-electron chi connectivity index (χ1n) is 6.03. The maximum atomic E-state index is 13.0. The van der Waals surface area contributed by atoms with E-state index in [4.69, 9.17) is 22.7 Å². The van der Waals surface area contributed by atoms with Crippen LogP contribution < -0.4 is 5.73 Å². The van der Waals surface area contributed by atoms with Crippen molar-refractivity contribution in [1.29, 1.82) is 5.41 Å². The highest BCUT2D eigenvalue weighted by molar-refractivity contribution is 6.31. The lowest BCUT2D eigenvalue weighted by atomic mass is 9.87. The molecule has 0 heterocycles. The first-order valence-corrected chi connectivity index (χ1v) is 6.41. The Morgan fingerprint density at radius 1 is 1.42 bits per heavy atom. The third-order valence-corrected chi connectivity index (χ3v) is 3.00. The Bertz CT molecular complexity index is 504. The van der Waals surface area contributed by atoms with Gasteiger partial charge >= 0.3 is 0 Å². The lowest BCUT2D eigenvalue weighted by Crippen LogP contribution is -2.25. The molecule has 104 valence electrons. The first-order chi connectivity index (χ1) is 8.74. The van der Waals surface area contributed by atoms with Crippen molar-refractivity contribution in [2.45, 2.75) is 27.2 Å². The van der Waals surface area contributed by atoms with Gasteiger partial charge in [-0.2, -0.15) is 0 Å². The van der Waals surface area contributed by atoms with Gasteiger partial charge in [0.25, 0.3) is 0 Å². The number of aliphatic imine (C=N–C) groups is 1. The molecule has 0 bridgehead atoms. The summed E-state index contributed by atoms with van der Waals surface area (Å²) < 4.78 is 13.0. The molecule has 5 heteroatoms. The van der Waals surface area contributed by atoms with Crippen molar-refractivity contribution >= 4 is 28.7 Å². The minimum Gasteiger partial charge on any atom is -0.325 e. The normalized spacial score (nSPS) is 12.6. The van der Waals surface area contributed by atoms with Crippen molar-refractivity contribution in [3.05, 3.63) is 29.0 Å². The fourth-order valence-corrected chi connectivity index (χ4v) is 1.54. The number of halogens is 2. The molecule has 1 aromatic rings. The van der Waals surface area contributed by atoms with Crippen LogP contribution in [-0.4, -0.2) is 18.0 Å². The van der Waals surface area contributed by atoms with Crippen molar-refractivity contribution < 1.29 is 4.39 Å². The summed E-state index contributed by atoms with van der Waals surface area (Å²) in [6.45, 7) is 6.17. The van der Waals surface area contributed by atoms with Crippen molar-refractivity contribution in [1.82, 2.24) is 0 Å². The number of nitrogens with one attached hydrogen (secondary N) is 1. The molecule has 0 radical (unpaired) electrons. The topological polar surface area (TPSA) is 62.2 Å². The Morgan fingerprint density at radius 2 is 2.05 bits per heavy atom. The maximum absolute atomic E-state index is 13.0. The number of benzene rings is 1. The molecule has 0 atom stereocenters. The van der Waals surface area contributed by atoms with E-state index in [1.165, 1.54) is 18.2 Å². The quantitative estimate of drug-likeness (QED) is 0.807. The van der Waals surface area contributed by atoms with Gasteiger partial charge in [-0.1, -0.05) is 32.4 Å². The average molecular weight is 284 g/mol. The van der Waals surface area contributed by atoms with E-state index in [2.05, 4.69) is 4.99 Å². The number of nitrogens with zero attached hydrogens (tertiary/aromatic N) is 1. The van der Waals surface area contributed by atoms with Crippen LogP contribution in [0.4, 0.5) is 10.1 Å². The number of rotatable bonds is 4. The molecule has 0 aromatic heterocycles. The highest BCUT2D eigenvalue weighted by Crippen LogP contribution is 2.23. The third-order valence-electron chi connectivity index (χ3n) is 2.71. The largest absolute Gasteiger partial charge is 0.325 e. The second-order valence-electron chi connectivity index (χ2n) is 5.39. The Hall–Kier alpha value is -1.26. The summed E-state index contributed by atoms with van der Waals surface area (Å²) in [5.41, 5.74) is 7.23. The van der Waals surface area contributed by atoms with E-state index in [0.29, 0.717) is 23.5 Å². The molecule has 0 unspecified atom stereocenters. The van der Waals surface area contributed by atoms with Crippen LogP contribution in [0, 0.1) is 16.6 Å². The smallest absolute Gasteiger partial charge is 0.141 e. The minimum atomic E-state index is -0.475. The van der Waals surface area contributed by atoms with E-state index < -0.39 is 5.82 Å². The number of nitrogens with two attached hydrogens (primary N) is 1. The second kappa shape index (κ2) is 6.26. The van der Waals surface area contributed by atoms with Crippen molar-refractivity contribution in [2.24, 2.45) is 16.1 Å². The van der Waals surface area contributed by atoms with E-state index in [9.17, 15) is 4.39 Å². The fourth-order valence-electron chi connectivity index (χ4n) is 1.36. The monoisotopic (exact) mass is 283 g/mol. The summed E-state index contributed by atoms with van der Waals surface area (Å²) in [6.07, 6.45) is 0.412. The first kappa shape index (κ1) is 15.8. The molecule has 19 heavy (non-hydrogen) atoms. The molecule has 0 saturated heterocycles. The molecule has 0 aliphatic carbocycles. The van der Waals surface area contributed by atoms with Gasteiger partial charge in [-0.15, -0.1) is 0 Å². The van der Waals surface area contributed by atoms with Gasteiger partial charge in [0.05, 0.1) is 10.7 Å². The molecule has 0 fully saturated rings. The van der Waals surface area contributed by atoms with Crippen LogP contribution in [0.3, 0.4) is 0 Å². The van der Waals surface area contributed by atoms with Crippen molar-refractivity contribution in [3.8, 4) is 0 Å². The van der Waals surface area contributed by atoms with E-state index >= 15 is 0 Å². The van der Waals surface area contributed by atoms with Crippen LogP contribution in [0.15, 0.2) is 23.2 Å². The zero-order chi connectivity index (χ0) is 14.6. The predicted molar refractivity (Wildman–Crippen MR) is 79.4 cm³/mol. The molecular weight excluding hydrogens is 265 g/mol. The average Bonchev–Trinajstić information content (AvgIpc) is 2.31. The minimum absolute atomic E-state index is 0.0310. The van der Waals surface area contributed by atoms with Gasteiger partial charge in [-0.05, 0) is 23.6 Å². The van der Waals surface area contributed by atoms with Crippen molar-refractivity contribution in [3.63, 3.8) is 0 Å². The van der Waals surface area contributed by atoms with Gasteiger partial charge < -0.3 is 11.1 Å². The van der Waals surface area contributed by atoms with Crippen LogP contribution in [0.5, 0.6) is 0 Å². The molecule has 3 N–H and O–H groups in total. The van der Waals surface area contributed by atoms with Crippen LogP contribution in [0.2, 0.25) is 5.02 Å². The Labute approximate surface area is 118 Å². The molecule has 0 aliphatic rings. The molecule has 0 spiro atoms. The molecule has 0 saturated carbocycles. The van der Waals surface area contributed by atoms with Crippen LogP contribution >= 0.6 is 11.6 Å². The molecule has 0 amide bonds. The Kier molecular flexibility index (Phi) is 5.20. The van der Waals surface area contributed by atoms with Crippen LogP contribution in [0.25, 0.3) is 0 Å². The summed E-state index contributed by atoms with van der Waals surface area (Å²) in [5.74, 6) is -0.475. The molecular formula is C14H19ClFN3. The van der Waals surface area contributed by atoms with Crippen molar-refractivity contribution in [2.75, 3.05) is 6.54 Å². The summed E-state index contributed by atoms with van der Waals surface area (Å²) in [5, 5.41) is 8.02. The molecule has 1 aromatic carbocycles. The molecule has 3 nitrogen and oxygen atoms in total. The van der Waals surface area contributed by atoms with Gasteiger partial charge in [0.15, 0.2) is 0 Å². The van der Waals surface area contributed by atoms with E-state index in [-0.39, 0.29) is 17.0 Å². The zero-order valence-electron chi connectivity index (χ0n) is 11.4. The van der Waals surface area contributed by atoms with Gasteiger partial charge in [0.2, 0.25) is 0 Å². The molecule has 0 aliphatic heterocycles. The lowest BCUT2D eigenvalue weighted by Gasteiger charge is -2.20. The van der Waals surface area contributed by atoms with Crippen LogP contribution in [0.1, 0.15) is 27.2 Å². The van der Waals surface area contributed by atoms with E-state index in [1.54, 1.807) is 0 Å². The fraction of sp³-hybridized carbons (Fsp3) is 0.429. The summed E-state index contributed by atoms with van der Waals surface area (Å²) in [4.78, 5) is 4.33. The SMILES string of the molecule is CC(C)(C)C(=N)CC(CN)=Nc1ccc(F)c(Cl)c1. The van der Waals surface area contributed by atoms with E-state index in [1.807, 2.05) is 20.8 Å². The predicted octanol–water partition coefficient (Wildman–Crippen LogP) is 3.97.